The lowest BCUT2D eigenvalue weighted by molar-refractivity contribution is 0.206. The summed E-state index contributed by atoms with van der Waals surface area (Å²) in [7, 11) is 0. The second-order valence-electron chi connectivity index (χ2n) is 7.55. The molecule has 1 N–H and O–H groups in total. The SMILES string of the molecule is C=CCCCCC1(C)CN(C(=O)Nc2ccc(Cl)cc2)N=C1c1ccc(Cl)cc1. The highest BCUT2D eigenvalue weighted by Gasteiger charge is 2.40. The summed E-state index contributed by atoms with van der Waals surface area (Å²) in [5.74, 6) is 0. The molecule has 0 aromatic heterocycles. The van der Waals surface area contributed by atoms with Crippen molar-refractivity contribution in [1.82, 2.24) is 5.01 Å². The van der Waals surface area contributed by atoms with Crippen molar-refractivity contribution < 1.29 is 4.79 Å². The molecule has 4 nitrogen and oxygen atoms in total. The van der Waals surface area contributed by atoms with Crippen molar-refractivity contribution >= 4 is 40.6 Å². The standard InChI is InChI=1S/C23H25Cl2N3O/c1-3-4-5-6-15-23(2)16-28(22(29)26-20-13-11-19(25)12-14-20)27-21(23)17-7-9-18(24)10-8-17/h3,7-14H,1,4-6,15-16H2,2H3,(H,26,29). The Hall–Kier alpha value is -2.30. The van der Waals surface area contributed by atoms with Gasteiger partial charge in [-0.2, -0.15) is 5.10 Å². The lowest BCUT2D eigenvalue weighted by atomic mass is 9.78. The van der Waals surface area contributed by atoms with Crippen LogP contribution in [0.25, 0.3) is 0 Å². The van der Waals surface area contributed by atoms with Gasteiger partial charge in [-0.3, -0.25) is 0 Å². The number of carbonyl (C=O) groups excluding carboxylic acids is 1. The normalized spacial score (nSPS) is 18.4. The van der Waals surface area contributed by atoms with Crippen LogP contribution in [0.1, 0.15) is 38.2 Å². The topological polar surface area (TPSA) is 44.7 Å². The van der Waals surface area contributed by atoms with Crippen LogP contribution < -0.4 is 5.32 Å². The Morgan fingerprint density at radius 2 is 1.76 bits per heavy atom. The van der Waals surface area contributed by atoms with Gasteiger partial charge >= 0.3 is 6.03 Å². The molecule has 0 saturated carbocycles. The molecule has 1 unspecified atom stereocenters. The summed E-state index contributed by atoms with van der Waals surface area (Å²) < 4.78 is 0. The van der Waals surface area contributed by atoms with Crippen molar-refractivity contribution in [2.24, 2.45) is 10.5 Å². The maximum Gasteiger partial charge on any atom is 0.342 e. The van der Waals surface area contributed by atoms with Crippen molar-refractivity contribution in [2.45, 2.75) is 32.6 Å². The van der Waals surface area contributed by atoms with Crippen LogP contribution in [0.5, 0.6) is 0 Å². The summed E-state index contributed by atoms with van der Waals surface area (Å²) >= 11 is 12.0. The summed E-state index contributed by atoms with van der Waals surface area (Å²) in [5, 5.41) is 10.4. The number of unbranched alkanes of at least 4 members (excludes halogenated alkanes) is 2. The zero-order chi connectivity index (χ0) is 20.9. The zero-order valence-electron chi connectivity index (χ0n) is 16.5. The second-order valence-corrected chi connectivity index (χ2v) is 8.42. The third-order valence-electron chi connectivity index (χ3n) is 5.13. The van der Waals surface area contributed by atoms with E-state index < -0.39 is 0 Å². The predicted octanol–water partition coefficient (Wildman–Crippen LogP) is 7.00. The van der Waals surface area contributed by atoms with Crippen LogP contribution in [0.15, 0.2) is 66.3 Å². The summed E-state index contributed by atoms with van der Waals surface area (Å²) in [5.41, 5.74) is 2.36. The molecule has 0 bridgehead atoms. The maximum absolute atomic E-state index is 12.8. The van der Waals surface area contributed by atoms with Crippen LogP contribution in [0, 0.1) is 5.41 Å². The van der Waals surface area contributed by atoms with Gasteiger partial charge in [0, 0.05) is 21.1 Å². The fourth-order valence-corrected chi connectivity index (χ4v) is 3.79. The third kappa shape index (κ3) is 5.40. The van der Waals surface area contributed by atoms with Gasteiger partial charge in [-0.05, 0) is 61.2 Å². The Balaban J connectivity index is 1.80. The van der Waals surface area contributed by atoms with Gasteiger partial charge in [-0.15, -0.1) is 6.58 Å². The zero-order valence-corrected chi connectivity index (χ0v) is 18.0. The molecule has 0 saturated heterocycles. The van der Waals surface area contributed by atoms with E-state index in [1.165, 1.54) is 5.01 Å². The smallest absolute Gasteiger partial charge is 0.306 e. The number of halogens is 2. The largest absolute Gasteiger partial charge is 0.342 e. The van der Waals surface area contributed by atoms with E-state index in [9.17, 15) is 4.79 Å². The van der Waals surface area contributed by atoms with Crippen molar-refractivity contribution in [3.05, 3.63) is 76.8 Å². The number of carbonyl (C=O) groups is 1. The molecule has 2 aromatic carbocycles. The number of nitrogens with one attached hydrogen (secondary N) is 1. The van der Waals surface area contributed by atoms with Crippen molar-refractivity contribution in [2.75, 3.05) is 11.9 Å². The number of allylic oxidation sites excluding steroid dienone is 1. The fourth-order valence-electron chi connectivity index (χ4n) is 3.54. The number of hydrogen-bond donors (Lipinski definition) is 1. The van der Waals surface area contributed by atoms with Crippen LogP contribution in [-0.4, -0.2) is 23.3 Å². The molecule has 0 fully saturated rings. The molecule has 1 aliphatic rings. The van der Waals surface area contributed by atoms with E-state index in [-0.39, 0.29) is 11.4 Å². The Morgan fingerprint density at radius 1 is 1.14 bits per heavy atom. The summed E-state index contributed by atoms with van der Waals surface area (Å²) in [6.45, 7) is 6.49. The number of hydrazone groups is 1. The first kappa shape index (κ1) is 21.4. The molecule has 2 amide bonds. The first-order valence-electron chi connectivity index (χ1n) is 9.71. The van der Waals surface area contributed by atoms with Gasteiger partial charge in [0.2, 0.25) is 0 Å². The average molecular weight is 430 g/mol. The van der Waals surface area contributed by atoms with Crippen LogP contribution in [0.4, 0.5) is 10.5 Å². The molecule has 1 aliphatic heterocycles. The first-order chi connectivity index (χ1) is 13.9. The van der Waals surface area contributed by atoms with Crippen molar-refractivity contribution in [1.29, 1.82) is 0 Å². The van der Waals surface area contributed by atoms with E-state index in [0.717, 1.165) is 37.0 Å². The van der Waals surface area contributed by atoms with Crippen LogP contribution in [0.3, 0.4) is 0 Å². The lowest BCUT2D eigenvalue weighted by Gasteiger charge is -2.26. The number of amides is 2. The minimum atomic E-state index is -0.256. The minimum absolute atomic E-state index is 0.230. The fraction of sp³-hybridized carbons (Fsp3) is 0.304. The summed E-state index contributed by atoms with van der Waals surface area (Å²) in [6.07, 6.45) is 5.99. The Kier molecular flexibility index (Phi) is 6.99. The summed E-state index contributed by atoms with van der Waals surface area (Å²) in [6, 6.07) is 14.4. The number of anilines is 1. The van der Waals surface area contributed by atoms with E-state index in [4.69, 9.17) is 28.3 Å². The number of rotatable bonds is 7. The molecule has 3 rings (SSSR count). The van der Waals surface area contributed by atoms with E-state index in [1.807, 2.05) is 30.3 Å². The molecule has 0 radical (unpaired) electrons. The molecule has 6 heteroatoms. The van der Waals surface area contributed by atoms with E-state index >= 15 is 0 Å². The van der Waals surface area contributed by atoms with Gasteiger partial charge in [0.05, 0.1) is 12.3 Å². The third-order valence-corrected chi connectivity index (χ3v) is 5.63. The van der Waals surface area contributed by atoms with Crippen LogP contribution in [-0.2, 0) is 0 Å². The highest BCUT2D eigenvalue weighted by atomic mass is 35.5. The molecule has 2 aromatic rings. The quantitative estimate of drug-likeness (QED) is 0.373. The van der Waals surface area contributed by atoms with Crippen LogP contribution in [0.2, 0.25) is 10.0 Å². The highest BCUT2D eigenvalue weighted by molar-refractivity contribution is 6.31. The first-order valence-corrected chi connectivity index (χ1v) is 10.5. The number of benzene rings is 2. The second kappa shape index (κ2) is 9.47. The van der Waals surface area contributed by atoms with E-state index in [2.05, 4.69) is 18.8 Å². The van der Waals surface area contributed by atoms with Crippen molar-refractivity contribution in [3.63, 3.8) is 0 Å². The molecule has 0 aliphatic carbocycles. The van der Waals surface area contributed by atoms with E-state index in [0.29, 0.717) is 22.3 Å². The molecule has 29 heavy (non-hydrogen) atoms. The number of hydrogen-bond acceptors (Lipinski definition) is 2. The van der Waals surface area contributed by atoms with Gasteiger partial charge < -0.3 is 5.32 Å². The maximum atomic E-state index is 12.8. The average Bonchev–Trinajstić information content (AvgIpc) is 3.06. The van der Waals surface area contributed by atoms with Gasteiger partial charge in [-0.1, -0.05) is 54.8 Å². The molecular formula is C23H25Cl2N3O. The van der Waals surface area contributed by atoms with Gasteiger partial charge in [-0.25, -0.2) is 9.80 Å². The Bertz CT molecular complexity index is 893. The Labute approximate surface area is 182 Å². The van der Waals surface area contributed by atoms with Crippen molar-refractivity contribution in [3.8, 4) is 0 Å². The summed E-state index contributed by atoms with van der Waals surface area (Å²) in [4.78, 5) is 12.8. The molecular weight excluding hydrogens is 405 g/mol. The van der Waals surface area contributed by atoms with Crippen LogP contribution >= 0.6 is 23.2 Å². The van der Waals surface area contributed by atoms with Gasteiger partial charge in [0.15, 0.2) is 0 Å². The molecule has 152 valence electrons. The number of urea groups is 1. The predicted molar refractivity (Wildman–Crippen MR) is 122 cm³/mol. The molecule has 0 spiro atoms. The monoisotopic (exact) mass is 429 g/mol. The lowest BCUT2D eigenvalue weighted by Crippen LogP contribution is -2.35. The van der Waals surface area contributed by atoms with E-state index in [1.54, 1.807) is 24.3 Å². The minimum Gasteiger partial charge on any atom is -0.306 e. The molecule has 1 atom stereocenters. The van der Waals surface area contributed by atoms with Gasteiger partial charge in [0.25, 0.3) is 0 Å². The number of nitrogens with zero attached hydrogens (tertiary/aromatic N) is 2. The Morgan fingerprint density at radius 3 is 2.38 bits per heavy atom. The highest BCUT2D eigenvalue weighted by Crippen LogP contribution is 2.36. The molecule has 1 heterocycles. The van der Waals surface area contributed by atoms with Gasteiger partial charge in [0.1, 0.15) is 0 Å².